The molecule has 0 saturated heterocycles. The second kappa shape index (κ2) is 8.23. The van der Waals surface area contributed by atoms with Crippen LogP contribution in [-0.4, -0.2) is 23.7 Å². The Labute approximate surface area is 168 Å². The quantitative estimate of drug-likeness (QED) is 0.458. The summed E-state index contributed by atoms with van der Waals surface area (Å²) in [5.74, 6) is 0.230. The van der Waals surface area contributed by atoms with E-state index in [2.05, 4.69) is 10.3 Å². The van der Waals surface area contributed by atoms with E-state index in [0.717, 1.165) is 0 Å². The van der Waals surface area contributed by atoms with Crippen LogP contribution in [0.4, 0.5) is 11.4 Å². The van der Waals surface area contributed by atoms with Gasteiger partial charge in [0.15, 0.2) is 0 Å². The fourth-order valence-electron chi connectivity index (χ4n) is 2.85. The minimum Gasteiger partial charge on any atom is -0.497 e. The summed E-state index contributed by atoms with van der Waals surface area (Å²) in [6.45, 7) is 1.72. The van der Waals surface area contributed by atoms with E-state index in [-0.39, 0.29) is 11.4 Å². The second-order valence-corrected chi connectivity index (χ2v) is 6.36. The normalized spacial score (nSPS) is 10.1. The summed E-state index contributed by atoms with van der Waals surface area (Å²) >= 11 is 0. The van der Waals surface area contributed by atoms with Gasteiger partial charge in [-0.05, 0) is 48.9 Å². The summed E-state index contributed by atoms with van der Waals surface area (Å²) in [4.78, 5) is 16.7. The number of carbonyl (C=O) groups is 1. The van der Waals surface area contributed by atoms with Crippen molar-refractivity contribution in [2.75, 3.05) is 18.2 Å². The average Bonchev–Trinajstić information content (AvgIpc) is 2.74. The molecule has 3 rings (SSSR count). The first-order valence-electron chi connectivity index (χ1n) is 8.74. The van der Waals surface area contributed by atoms with E-state index < -0.39 is 5.91 Å². The summed E-state index contributed by atoms with van der Waals surface area (Å²) in [6, 6.07) is 15.7. The van der Waals surface area contributed by atoms with Crippen LogP contribution in [0.25, 0.3) is 0 Å². The maximum absolute atomic E-state index is 12.6. The molecule has 0 aliphatic heterocycles. The number of nitrogens with zero attached hydrogens (tertiary/aromatic N) is 2. The molecule has 0 saturated carbocycles. The van der Waals surface area contributed by atoms with Gasteiger partial charge in [-0.1, -0.05) is 12.1 Å². The van der Waals surface area contributed by atoms with Crippen molar-refractivity contribution in [1.29, 1.82) is 10.7 Å². The van der Waals surface area contributed by atoms with Crippen LogP contribution < -0.4 is 15.8 Å². The zero-order valence-electron chi connectivity index (χ0n) is 16.0. The highest BCUT2D eigenvalue weighted by molar-refractivity contribution is 6.15. The molecule has 0 unspecified atom stereocenters. The Hall–Kier alpha value is -4.18. The van der Waals surface area contributed by atoms with Gasteiger partial charge in [-0.25, -0.2) is 4.98 Å². The molecular weight excluding hydrogens is 366 g/mol. The Kier molecular flexibility index (Phi) is 5.56. The van der Waals surface area contributed by atoms with E-state index >= 15 is 0 Å². The SMILES string of the molecule is COc1cccc(C(=N)c2cc(NC(=O)c3ncc(C#N)cc3C)ccc2N)c1. The molecule has 144 valence electrons. The number of amides is 1. The van der Waals surface area contributed by atoms with Crippen molar-refractivity contribution in [2.24, 2.45) is 0 Å². The molecule has 0 fully saturated rings. The minimum absolute atomic E-state index is 0.213. The zero-order chi connectivity index (χ0) is 21.0. The number of hydrogen-bond donors (Lipinski definition) is 3. The molecule has 7 heteroatoms. The number of nitrogens with two attached hydrogens (primary N) is 1. The van der Waals surface area contributed by atoms with Gasteiger partial charge in [0, 0.05) is 28.7 Å². The first-order valence-corrected chi connectivity index (χ1v) is 8.74. The molecule has 0 spiro atoms. The van der Waals surface area contributed by atoms with Gasteiger partial charge < -0.3 is 15.8 Å². The fourth-order valence-corrected chi connectivity index (χ4v) is 2.85. The van der Waals surface area contributed by atoms with Crippen molar-refractivity contribution in [3.05, 3.63) is 82.7 Å². The van der Waals surface area contributed by atoms with Gasteiger partial charge >= 0.3 is 0 Å². The molecule has 4 N–H and O–H groups in total. The number of nitriles is 1. The van der Waals surface area contributed by atoms with Gasteiger partial charge in [0.25, 0.3) is 5.91 Å². The molecule has 1 heterocycles. The number of nitrogen functional groups attached to an aromatic ring is 1. The first-order chi connectivity index (χ1) is 13.9. The summed E-state index contributed by atoms with van der Waals surface area (Å²) in [7, 11) is 1.56. The van der Waals surface area contributed by atoms with E-state index in [0.29, 0.717) is 39.4 Å². The van der Waals surface area contributed by atoms with Gasteiger partial charge in [-0.3, -0.25) is 10.2 Å². The van der Waals surface area contributed by atoms with Gasteiger partial charge in [-0.2, -0.15) is 5.26 Å². The van der Waals surface area contributed by atoms with E-state index in [4.69, 9.17) is 21.1 Å². The molecule has 1 aromatic heterocycles. The van der Waals surface area contributed by atoms with Crippen LogP contribution >= 0.6 is 0 Å². The Morgan fingerprint density at radius 3 is 2.72 bits per heavy atom. The van der Waals surface area contributed by atoms with Gasteiger partial charge in [-0.15, -0.1) is 0 Å². The van der Waals surface area contributed by atoms with Crippen LogP contribution in [0, 0.1) is 23.7 Å². The zero-order valence-corrected chi connectivity index (χ0v) is 16.0. The smallest absolute Gasteiger partial charge is 0.274 e. The van der Waals surface area contributed by atoms with Crippen molar-refractivity contribution in [1.82, 2.24) is 4.98 Å². The highest BCUT2D eigenvalue weighted by atomic mass is 16.5. The standard InChI is InChI=1S/C22H19N5O2/c1-13-8-14(11-23)12-26-21(13)22(28)27-16-6-7-19(24)18(10-16)20(25)15-4-3-5-17(9-15)29-2/h3-10,12,25H,24H2,1-2H3,(H,27,28). The molecule has 7 nitrogen and oxygen atoms in total. The van der Waals surface area contributed by atoms with Crippen molar-refractivity contribution in [3.63, 3.8) is 0 Å². The number of ether oxygens (including phenoxy) is 1. The number of hydrogen-bond acceptors (Lipinski definition) is 6. The Morgan fingerprint density at radius 1 is 1.24 bits per heavy atom. The Balaban J connectivity index is 1.88. The Bertz CT molecular complexity index is 1150. The molecule has 0 aliphatic carbocycles. The predicted octanol–water partition coefficient (Wildman–Crippen LogP) is 3.52. The predicted molar refractivity (Wildman–Crippen MR) is 111 cm³/mol. The number of rotatable bonds is 5. The van der Waals surface area contributed by atoms with Gasteiger partial charge in [0.1, 0.15) is 17.5 Å². The number of aromatic nitrogens is 1. The van der Waals surface area contributed by atoms with E-state index in [9.17, 15) is 4.79 Å². The third kappa shape index (κ3) is 4.22. The molecule has 0 atom stereocenters. The molecule has 0 radical (unpaired) electrons. The number of methoxy groups -OCH3 is 1. The third-order valence-corrected chi connectivity index (χ3v) is 4.36. The Morgan fingerprint density at radius 2 is 2.03 bits per heavy atom. The lowest BCUT2D eigenvalue weighted by atomic mass is 10.00. The van der Waals surface area contributed by atoms with Crippen LogP contribution in [0.1, 0.15) is 32.7 Å². The van der Waals surface area contributed by atoms with Gasteiger partial charge in [0.05, 0.1) is 18.4 Å². The van der Waals surface area contributed by atoms with E-state index in [1.807, 2.05) is 6.07 Å². The third-order valence-electron chi connectivity index (χ3n) is 4.36. The minimum atomic E-state index is -0.407. The lowest BCUT2D eigenvalue weighted by molar-refractivity contribution is 0.102. The summed E-state index contributed by atoms with van der Waals surface area (Å²) in [5, 5.41) is 20.2. The summed E-state index contributed by atoms with van der Waals surface area (Å²) in [5.41, 5.74) is 9.53. The molecule has 2 aromatic carbocycles. The van der Waals surface area contributed by atoms with Crippen LogP contribution in [-0.2, 0) is 0 Å². The van der Waals surface area contributed by atoms with Crippen LogP contribution in [0.2, 0.25) is 0 Å². The highest BCUT2D eigenvalue weighted by Gasteiger charge is 2.15. The molecular formula is C22H19N5O2. The number of pyridine rings is 1. The molecule has 3 aromatic rings. The summed E-state index contributed by atoms with van der Waals surface area (Å²) in [6.07, 6.45) is 1.36. The van der Waals surface area contributed by atoms with Crippen LogP contribution in [0.5, 0.6) is 5.75 Å². The van der Waals surface area contributed by atoms with Crippen LogP contribution in [0.3, 0.4) is 0 Å². The van der Waals surface area contributed by atoms with Crippen molar-refractivity contribution < 1.29 is 9.53 Å². The molecule has 1 amide bonds. The highest BCUT2D eigenvalue weighted by Crippen LogP contribution is 2.23. The summed E-state index contributed by atoms with van der Waals surface area (Å²) < 4.78 is 5.21. The van der Waals surface area contributed by atoms with E-state index in [1.54, 1.807) is 62.6 Å². The van der Waals surface area contributed by atoms with Crippen molar-refractivity contribution >= 4 is 23.0 Å². The first kappa shape index (κ1) is 19.6. The van der Waals surface area contributed by atoms with Crippen LogP contribution in [0.15, 0.2) is 54.7 Å². The fraction of sp³-hybridized carbons (Fsp3) is 0.0909. The molecule has 0 bridgehead atoms. The largest absolute Gasteiger partial charge is 0.497 e. The maximum atomic E-state index is 12.6. The number of carbonyl (C=O) groups excluding carboxylic acids is 1. The van der Waals surface area contributed by atoms with E-state index in [1.165, 1.54) is 6.20 Å². The number of anilines is 2. The number of benzene rings is 2. The lowest BCUT2D eigenvalue weighted by Gasteiger charge is -2.12. The maximum Gasteiger partial charge on any atom is 0.274 e. The number of aryl methyl sites for hydroxylation is 1. The average molecular weight is 385 g/mol. The lowest BCUT2D eigenvalue weighted by Crippen LogP contribution is -2.16. The molecule has 0 aliphatic rings. The molecule has 29 heavy (non-hydrogen) atoms. The monoisotopic (exact) mass is 385 g/mol. The van der Waals surface area contributed by atoms with Crippen molar-refractivity contribution in [3.8, 4) is 11.8 Å². The van der Waals surface area contributed by atoms with Gasteiger partial charge in [0.2, 0.25) is 0 Å². The second-order valence-electron chi connectivity index (χ2n) is 6.36. The van der Waals surface area contributed by atoms with Crippen molar-refractivity contribution in [2.45, 2.75) is 6.92 Å². The topological polar surface area (TPSA) is 125 Å². The number of nitrogens with one attached hydrogen (secondary N) is 2.